The molecule has 2 N–H and O–H groups in total. The van der Waals surface area contributed by atoms with Gasteiger partial charge in [-0.1, -0.05) is 42.5 Å². The Bertz CT molecular complexity index is 789. The van der Waals surface area contributed by atoms with Gasteiger partial charge >= 0.3 is 0 Å². The van der Waals surface area contributed by atoms with Crippen LogP contribution < -0.4 is 15.4 Å². The van der Waals surface area contributed by atoms with Gasteiger partial charge in [0.05, 0.1) is 12.2 Å². The van der Waals surface area contributed by atoms with E-state index in [1.165, 1.54) is 5.56 Å². The second kappa shape index (κ2) is 10.2. The summed E-state index contributed by atoms with van der Waals surface area (Å²) in [6.45, 7) is 5.40. The van der Waals surface area contributed by atoms with Crippen molar-refractivity contribution in [2.24, 2.45) is 0 Å². The predicted octanol–water partition coefficient (Wildman–Crippen LogP) is 3.35. The number of piperidine rings is 1. The maximum Gasteiger partial charge on any atom is 0.261 e. The second-order valence-electron chi connectivity index (χ2n) is 6.89. The number of amides is 1. The zero-order chi connectivity index (χ0) is 19.8. The molecule has 5 nitrogen and oxygen atoms in total. The highest BCUT2D eigenvalue weighted by Gasteiger charge is 2.21. The van der Waals surface area contributed by atoms with Gasteiger partial charge in [-0.15, -0.1) is 0 Å². The summed E-state index contributed by atoms with van der Waals surface area (Å²) < 4.78 is 5.52. The van der Waals surface area contributed by atoms with Crippen LogP contribution in [-0.2, 0) is 6.54 Å². The molecular formula is C22H27N3O2S. The molecule has 0 atom stereocenters. The number of thiocarbonyl (C=S) groups is 1. The predicted molar refractivity (Wildman–Crippen MR) is 116 cm³/mol. The van der Waals surface area contributed by atoms with Crippen molar-refractivity contribution in [3.63, 3.8) is 0 Å². The van der Waals surface area contributed by atoms with E-state index in [1.54, 1.807) is 12.1 Å². The highest BCUT2D eigenvalue weighted by molar-refractivity contribution is 7.80. The summed E-state index contributed by atoms with van der Waals surface area (Å²) >= 11 is 5.36. The van der Waals surface area contributed by atoms with E-state index in [1.807, 2.05) is 25.1 Å². The van der Waals surface area contributed by atoms with Crippen molar-refractivity contribution < 1.29 is 9.53 Å². The van der Waals surface area contributed by atoms with E-state index in [-0.39, 0.29) is 11.9 Å². The van der Waals surface area contributed by atoms with Crippen LogP contribution in [0.15, 0.2) is 54.6 Å². The molecule has 1 aliphatic heterocycles. The first-order chi connectivity index (χ1) is 13.7. The van der Waals surface area contributed by atoms with Gasteiger partial charge in [-0.2, -0.15) is 0 Å². The van der Waals surface area contributed by atoms with Crippen molar-refractivity contribution >= 4 is 23.2 Å². The number of para-hydroxylation sites is 1. The van der Waals surface area contributed by atoms with Crippen LogP contribution in [0, 0.1) is 0 Å². The lowest BCUT2D eigenvalue weighted by Gasteiger charge is -2.32. The number of hydrogen-bond acceptors (Lipinski definition) is 4. The number of ether oxygens (including phenoxy) is 1. The van der Waals surface area contributed by atoms with Crippen LogP contribution >= 0.6 is 12.2 Å². The Morgan fingerprint density at radius 1 is 1.11 bits per heavy atom. The zero-order valence-corrected chi connectivity index (χ0v) is 17.0. The van der Waals surface area contributed by atoms with Crippen molar-refractivity contribution in [1.82, 2.24) is 15.5 Å². The van der Waals surface area contributed by atoms with Gasteiger partial charge in [-0.25, -0.2) is 0 Å². The summed E-state index contributed by atoms with van der Waals surface area (Å²) in [4.78, 5) is 15.0. The van der Waals surface area contributed by atoms with Crippen LogP contribution in [0.3, 0.4) is 0 Å². The second-order valence-corrected chi connectivity index (χ2v) is 7.30. The fourth-order valence-electron chi connectivity index (χ4n) is 3.40. The molecule has 2 aromatic carbocycles. The summed E-state index contributed by atoms with van der Waals surface area (Å²) in [5.41, 5.74) is 1.83. The summed E-state index contributed by atoms with van der Waals surface area (Å²) in [6.07, 6.45) is 2.00. The molecule has 0 bridgehead atoms. The number of likely N-dealkylation sites (tertiary alicyclic amines) is 1. The maximum absolute atomic E-state index is 12.5. The van der Waals surface area contributed by atoms with E-state index in [9.17, 15) is 4.79 Å². The molecule has 1 amide bonds. The van der Waals surface area contributed by atoms with Gasteiger partial charge in [0, 0.05) is 25.7 Å². The summed E-state index contributed by atoms with van der Waals surface area (Å²) in [5, 5.41) is 6.44. The molecule has 0 aromatic heterocycles. The normalized spacial score (nSPS) is 15.0. The van der Waals surface area contributed by atoms with Gasteiger partial charge < -0.3 is 10.1 Å². The zero-order valence-electron chi connectivity index (χ0n) is 16.2. The van der Waals surface area contributed by atoms with Crippen molar-refractivity contribution in [2.75, 3.05) is 19.7 Å². The molecule has 1 aliphatic rings. The summed E-state index contributed by atoms with van der Waals surface area (Å²) in [5.74, 6) is 0.322. The maximum atomic E-state index is 12.5. The lowest BCUT2D eigenvalue weighted by Crippen LogP contribution is -2.48. The average Bonchev–Trinajstić information content (AvgIpc) is 2.71. The lowest BCUT2D eigenvalue weighted by atomic mass is 10.0. The molecule has 28 heavy (non-hydrogen) atoms. The van der Waals surface area contributed by atoms with E-state index in [0.29, 0.717) is 23.0 Å². The third-order valence-electron chi connectivity index (χ3n) is 4.83. The van der Waals surface area contributed by atoms with Crippen LogP contribution in [0.25, 0.3) is 0 Å². The number of hydrogen-bond donors (Lipinski definition) is 2. The number of nitrogens with zero attached hydrogens (tertiary/aromatic N) is 1. The molecular weight excluding hydrogens is 370 g/mol. The van der Waals surface area contributed by atoms with Crippen LogP contribution in [0.4, 0.5) is 0 Å². The van der Waals surface area contributed by atoms with Crippen LogP contribution in [0.1, 0.15) is 35.7 Å². The van der Waals surface area contributed by atoms with E-state index in [4.69, 9.17) is 17.0 Å². The molecule has 0 spiro atoms. The Kier molecular flexibility index (Phi) is 7.39. The van der Waals surface area contributed by atoms with Crippen LogP contribution in [-0.4, -0.2) is 41.7 Å². The van der Waals surface area contributed by atoms with Crippen molar-refractivity contribution in [1.29, 1.82) is 0 Å². The quantitative estimate of drug-likeness (QED) is 0.732. The van der Waals surface area contributed by atoms with Crippen molar-refractivity contribution in [3.8, 4) is 5.75 Å². The molecule has 0 radical (unpaired) electrons. The molecule has 1 saturated heterocycles. The topological polar surface area (TPSA) is 53.6 Å². The molecule has 3 rings (SSSR count). The fourth-order valence-corrected chi connectivity index (χ4v) is 3.66. The van der Waals surface area contributed by atoms with E-state index < -0.39 is 0 Å². The minimum atomic E-state index is -0.247. The highest BCUT2D eigenvalue weighted by atomic mass is 32.1. The van der Waals surface area contributed by atoms with Gasteiger partial charge in [-0.3, -0.25) is 15.0 Å². The van der Waals surface area contributed by atoms with Crippen LogP contribution in [0.5, 0.6) is 5.75 Å². The number of carbonyl (C=O) groups is 1. The summed E-state index contributed by atoms with van der Waals surface area (Å²) in [6, 6.07) is 18.0. The first kappa shape index (κ1) is 20.3. The third kappa shape index (κ3) is 5.78. The molecule has 0 saturated carbocycles. The molecule has 1 heterocycles. The minimum Gasteiger partial charge on any atom is -0.493 e. The molecule has 2 aromatic rings. The van der Waals surface area contributed by atoms with Gasteiger partial charge in [-0.05, 0) is 49.7 Å². The SMILES string of the molecule is CCOc1ccccc1C(=O)NC(=S)NC1CCN(Cc2ccccc2)CC1. The Morgan fingerprint density at radius 3 is 2.50 bits per heavy atom. The molecule has 0 aliphatic carbocycles. The highest BCUT2D eigenvalue weighted by Crippen LogP contribution is 2.18. The molecule has 6 heteroatoms. The van der Waals surface area contributed by atoms with Gasteiger partial charge in [0.2, 0.25) is 0 Å². The first-order valence-corrected chi connectivity index (χ1v) is 10.2. The van der Waals surface area contributed by atoms with E-state index >= 15 is 0 Å². The van der Waals surface area contributed by atoms with E-state index in [0.717, 1.165) is 32.5 Å². The van der Waals surface area contributed by atoms with Crippen molar-refractivity contribution in [2.45, 2.75) is 32.4 Å². The van der Waals surface area contributed by atoms with E-state index in [2.05, 4.69) is 39.8 Å². The Balaban J connectivity index is 1.45. The summed E-state index contributed by atoms with van der Waals surface area (Å²) in [7, 11) is 0. The minimum absolute atomic E-state index is 0.247. The lowest BCUT2D eigenvalue weighted by molar-refractivity contribution is 0.0972. The van der Waals surface area contributed by atoms with Gasteiger partial charge in [0.1, 0.15) is 5.75 Å². The largest absolute Gasteiger partial charge is 0.493 e. The number of benzene rings is 2. The molecule has 148 valence electrons. The Hall–Kier alpha value is -2.44. The molecule has 1 fully saturated rings. The number of nitrogens with one attached hydrogen (secondary N) is 2. The van der Waals surface area contributed by atoms with Crippen molar-refractivity contribution in [3.05, 3.63) is 65.7 Å². The molecule has 0 unspecified atom stereocenters. The van der Waals surface area contributed by atoms with Crippen LogP contribution in [0.2, 0.25) is 0 Å². The monoisotopic (exact) mass is 397 g/mol. The average molecular weight is 398 g/mol. The Morgan fingerprint density at radius 2 is 1.79 bits per heavy atom. The van der Waals surface area contributed by atoms with Gasteiger partial charge in [0.15, 0.2) is 5.11 Å². The van der Waals surface area contributed by atoms with Gasteiger partial charge in [0.25, 0.3) is 5.91 Å². The smallest absolute Gasteiger partial charge is 0.261 e. The third-order valence-corrected chi connectivity index (χ3v) is 5.05. The fraction of sp³-hybridized carbons (Fsp3) is 0.364. The number of rotatable bonds is 6. The number of carbonyl (C=O) groups excluding carboxylic acids is 1. The standard InChI is InChI=1S/C22H27N3O2S/c1-2-27-20-11-7-6-10-19(20)21(26)24-22(28)23-18-12-14-25(15-13-18)16-17-8-4-3-5-9-17/h3-11,18H,2,12-16H2,1H3,(H2,23,24,26,28). The Labute approximate surface area is 172 Å². The first-order valence-electron chi connectivity index (χ1n) is 9.75.